The number of nitrogens with zero attached hydrogens (tertiary/aromatic N) is 1. The van der Waals surface area contributed by atoms with E-state index in [0.717, 1.165) is 44.9 Å². The van der Waals surface area contributed by atoms with E-state index < -0.39 is 0 Å². The molecule has 4 aliphatic rings. The lowest BCUT2D eigenvalue weighted by molar-refractivity contribution is -0.468. The molecule has 0 saturated heterocycles. The lowest BCUT2D eigenvalue weighted by Crippen LogP contribution is -2.67. The maximum absolute atomic E-state index is 12.6. The summed E-state index contributed by atoms with van der Waals surface area (Å²) in [6, 6.07) is 0. The first-order valence-corrected chi connectivity index (χ1v) is 11.1. The SMILES string of the molecule is CC(=O)O[C@H]1CC[C@@]2(C)C(=CCC3C2CC[C@]2(C)[C@@H](C(=O)C[NH+]=[N-])CC[C@@H]32)C1. The molecule has 5 heteroatoms. The monoisotopic (exact) mass is 386 g/mol. The van der Waals surface area contributed by atoms with Crippen LogP contribution < -0.4 is 5.11 Å². The molecule has 0 aromatic rings. The molecule has 28 heavy (non-hydrogen) atoms. The van der Waals surface area contributed by atoms with Crippen LogP contribution in [0.15, 0.2) is 11.6 Å². The lowest BCUT2D eigenvalue weighted by Gasteiger charge is -2.58. The van der Waals surface area contributed by atoms with Crippen LogP contribution in [0.1, 0.15) is 72.1 Å². The molecule has 7 atom stereocenters. The van der Waals surface area contributed by atoms with Crippen molar-refractivity contribution in [2.75, 3.05) is 6.54 Å². The van der Waals surface area contributed by atoms with Crippen molar-refractivity contribution in [2.24, 2.45) is 34.5 Å². The van der Waals surface area contributed by atoms with E-state index in [4.69, 9.17) is 10.3 Å². The van der Waals surface area contributed by atoms with Crippen molar-refractivity contribution >= 4 is 11.8 Å². The van der Waals surface area contributed by atoms with E-state index >= 15 is 0 Å². The number of nitrogens with one attached hydrogen (secondary N) is 1. The molecule has 0 bridgehead atoms. The van der Waals surface area contributed by atoms with Crippen molar-refractivity contribution in [1.82, 2.24) is 0 Å². The van der Waals surface area contributed by atoms with Crippen LogP contribution in [0.4, 0.5) is 0 Å². The predicted molar refractivity (Wildman–Crippen MR) is 105 cm³/mol. The Morgan fingerprint density at radius 3 is 2.68 bits per heavy atom. The summed E-state index contributed by atoms with van der Waals surface area (Å²) in [6.45, 7) is 6.35. The molecule has 0 amide bonds. The minimum Gasteiger partial charge on any atom is -0.508 e. The molecule has 0 spiro atoms. The second-order valence-electron chi connectivity index (χ2n) is 10.2. The molecule has 2 unspecified atom stereocenters. The zero-order valence-electron chi connectivity index (χ0n) is 17.5. The largest absolute Gasteiger partial charge is 0.508 e. The number of ketones is 1. The first-order valence-electron chi connectivity index (χ1n) is 11.1. The summed E-state index contributed by atoms with van der Waals surface area (Å²) in [5, 5.41) is 2.08. The number of hydrogen-bond donors (Lipinski definition) is 1. The second-order valence-corrected chi connectivity index (χ2v) is 10.2. The third kappa shape index (κ3) is 2.96. The van der Waals surface area contributed by atoms with Crippen LogP contribution >= 0.6 is 0 Å². The number of carbonyl (C=O) groups excluding carboxylic acids is 2. The number of hydrogen-bond acceptors (Lipinski definition) is 3. The average Bonchev–Trinajstić information content (AvgIpc) is 2.99. The summed E-state index contributed by atoms with van der Waals surface area (Å²) < 4.78 is 5.53. The fraction of sp³-hybridized carbons (Fsp3) is 0.826. The van der Waals surface area contributed by atoms with Crippen LogP contribution in [0.2, 0.25) is 0 Å². The van der Waals surface area contributed by atoms with Crippen molar-refractivity contribution in [2.45, 2.75) is 78.2 Å². The van der Waals surface area contributed by atoms with Crippen LogP contribution in [0.3, 0.4) is 0 Å². The zero-order valence-corrected chi connectivity index (χ0v) is 17.5. The van der Waals surface area contributed by atoms with Gasteiger partial charge in [0.1, 0.15) is 6.10 Å². The quantitative estimate of drug-likeness (QED) is 0.458. The van der Waals surface area contributed by atoms with Crippen molar-refractivity contribution in [3.05, 3.63) is 17.2 Å². The van der Waals surface area contributed by atoms with Gasteiger partial charge in [0.05, 0.1) is 0 Å². The predicted octanol–water partition coefficient (Wildman–Crippen LogP) is 3.17. The van der Waals surface area contributed by atoms with Gasteiger partial charge in [0.15, 0.2) is 12.3 Å². The molecule has 4 aliphatic carbocycles. The Kier molecular flexibility index (Phi) is 4.99. The number of Topliss-reactive ketones (excluding diaryl/α,β-unsaturated/α-hetero) is 1. The van der Waals surface area contributed by atoms with Gasteiger partial charge in [0, 0.05) is 19.3 Å². The molecule has 0 aliphatic heterocycles. The normalized spacial score (nSPS) is 44.5. The van der Waals surface area contributed by atoms with Crippen LogP contribution in [0.25, 0.3) is 5.53 Å². The Labute approximate surface area is 168 Å². The molecule has 3 fully saturated rings. The topological polar surface area (TPSA) is 79.6 Å². The van der Waals surface area contributed by atoms with E-state index in [0.29, 0.717) is 17.8 Å². The molecule has 0 heterocycles. The van der Waals surface area contributed by atoms with E-state index in [9.17, 15) is 9.59 Å². The van der Waals surface area contributed by atoms with E-state index in [1.807, 2.05) is 0 Å². The van der Waals surface area contributed by atoms with Gasteiger partial charge in [0.2, 0.25) is 0 Å². The summed E-state index contributed by atoms with van der Waals surface area (Å²) >= 11 is 0. The standard InChI is InChI=1S/C23H34N2O3/c1-14(26)28-16-8-10-22(2)15(12-16)4-5-17-18-6-7-20(21(27)13-25-24)23(18,3)11-9-19(17)22/h4,16-20,25H,5-13H2,1-3H3/t16-,17?,18-,19?,20+,22-,23-/m0/s1. The average molecular weight is 387 g/mol. The Morgan fingerprint density at radius 1 is 1.18 bits per heavy atom. The molecular formula is C23H34N2O3. The fourth-order valence-electron chi connectivity index (χ4n) is 7.69. The molecule has 3 saturated carbocycles. The van der Waals surface area contributed by atoms with Crippen molar-refractivity contribution in [3.8, 4) is 0 Å². The van der Waals surface area contributed by atoms with Gasteiger partial charge >= 0.3 is 5.97 Å². The van der Waals surface area contributed by atoms with Gasteiger partial charge in [-0.05, 0) is 73.5 Å². The third-order valence-corrected chi connectivity index (χ3v) is 9.03. The van der Waals surface area contributed by atoms with Gasteiger partial charge < -0.3 is 15.4 Å². The Hall–Kier alpha value is -1.52. The number of carbonyl (C=O) groups is 2. The first kappa shape index (κ1) is 19.8. The number of esters is 1. The number of rotatable bonds is 4. The smallest absolute Gasteiger partial charge is 0.302 e. The Balaban J connectivity index is 1.56. The van der Waals surface area contributed by atoms with Gasteiger partial charge in [-0.2, -0.15) is 0 Å². The van der Waals surface area contributed by atoms with Crippen LogP contribution in [0.5, 0.6) is 0 Å². The van der Waals surface area contributed by atoms with Crippen LogP contribution in [0, 0.1) is 34.5 Å². The molecule has 154 valence electrons. The summed E-state index contributed by atoms with van der Waals surface area (Å²) in [4.78, 5) is 24.0. The van der Waals surface area contributed by atoms with Crippen molar-refractivity contribution in [3.63, 3.8) is 0 Å². The Morgan fingerprint density at radius 2 is 1.96 bits per heavy atom. The highest BCUT2D eigenvalue weighted by molar-refractivity contribution is 5.83. The van der Waals surface area contributed by atoms with Gasteiger partial charge in [-0.1, -0.05) is 25.5 Å². The summed E-state index contributed by atoms with van der Waals surface area (Å²) in [5.41, 5.74) is 10.8. The minimum absolute atomic E-state index is 0.0432. The van der Waals surface area contributed by atoms with Crippen molar-refractivity contribution in [1.29, 1.82) is 0 Å². The summed E-state index contributed by atoms with van der Waals surface area (Å²) in [5.74, 6) is 2.00. The minimum atomic E-state index is -0.171. The lowest BCUT2D eigenvalue weighted by atomic mass is 9.47. The number of ether oxygens (including phenoxy) is 1. The second kappa shape index (κ2) is 7.07. The van der Waals surface area contributed by atoms with Gasteiger partial charge in [-0.3, -0.25) is 9.59 Å². The Bertz CT molecular complexity index is 717. The summed E-state index contributed by atoms with van der Waals surface area (Å²) in [7, 11) is 0. The number of allylic oxidation sites excluding steroid dienone is 1. The van der Waals surface area contributed by atoms with E-state index in [1.165, 1.54) is 18.9 Å². The molecule has 0 aromatic carbocycles. The third-order valence-electron chi connectivity index (χ3n) is 9.03. The molecule has 1 N–H and O–H groups in total. The van der Waals surface area contributed by atoms with Gasteiger partial charge in [-0.25, -0.2) is 0 Å². The highest BCUT2D eigenvalue weighted by Gasteiger charge is 2.60. The summed E-state index contributed by atoms with van der Waals surface area (Å²) in [6.07, 6.45) is 10.9. The first-order chi connectivity index (χ1) is 13.3. The van der Waals surface area contributed by atoms with Crippen molar-refractivity contribution < 1.29 is 19.4 Å². The number of fused-ring (bicyclic) bond motifs is 5. The van der Waals surface area contributed by atoms with E-state index in [-0.39, 0.29) is 41.1 Å². The van der Waals surface area contributed by atoms with Gasteiger partial charge in [-0.15, -0.1) is 0 Å². The zero-order chi connectivity index (χ0) is 20.1. The molecule has 4 rings (SSSR count). The molecule has 5 nitrogen and oxygen atoms in total. The maximum Gasteiger partial charge on any atom is 0.302 e. The fourth-order valence-corrected chi connectivity index (χ4v) is 7.69. The highest BCUT2D eigenvalue weighted by Crippen LogP contribution is 2.66. The molecule has 0 aromatic heterocycles. The van der Waals surface area contributed by atoms with Gasteiger partial charge in [0.25, 0.3) is 0 Å². The van der Waals surface area contributed by atoms with E-state index in [1.54, 1.807) is 0 Å². The molecule has 0 radical (unpaired) electrons. The van der Waals surface area contributed by atoms with Crippen LogP contribution in [-0.4, -0.2) is 24.4 Å². The van der Waals surface area contributed by atoms with Crippen LogP contribution in [-0.2, 0) is 14.3 Å². The molecular weight excluding hydrogens is 352 g/mol. The highest BCUT2D eigenvalue weighted by atomic mass is 16.5. The maximum atomic E-state index is 12.6. The van der Waals surface area contributed by atoms with E-state index in [2.05, 4.69) is 25.0 Å².